The lowest BCUT2D eigenvalue weighted by molar-refractivity contribution is -0.133. The topological polar surface area (TPSA) is 35.6 Å². The first-order valence-electron chi connectivity index (χ1n) is 6.52. The molecular formula is C13H27N3O. The number of carbonyl (C=O) groups is 1. The molecule has 0 aromatic heterocycles. The molecule has 1 heterocycles. The molecule has 1 atom stereocenters. The Morgan fingerprint density at radius 2 is 2.00 bits per heavy atom. The fourth-order valence-electron chi connectivity index (χ4n) is 1.98. The van der Waals surface area contributed by atoms with Gasteiger partial charge in [-0.15, -0.1) is 0 Å². The zero-order valence-corrected chi connectivity index (χ0v) is 11.9. The second kappa shape index (κ2) is 5.83. The van der Waals surface area contributed by atoms with Crippen LogP contribution in [-0.2, 0) is 4.79 Å². The summed E-state index contributed by atoms with van der Waals surface area (Å²) < 4.78 is 0. The molecule has 1 unspecified atom stereocenters. The lowest BCUT2D eigenvalue weighted by Crippen LogP contribution is -2.52. The highest BCUT2D eigenvalue weighted by atomic mass is 16.2. The quantitative estimate of drug-likeness (QED) is 0.798. The molecule has 0 aromatic carbocycles. The largest absolute Gasteiger partial charge is 0.340 e. The van der Waals surface area contributed by atoms with Gasteiger partial charge in [-0.1, -0.05) is 0 Å². The Labute approximate surface area is 105 Å². The minimum Gasteiger partial charge on any atom is -0.340 e. The van der Waals surface area contributed by atoms with E-state index in [1.807, 2.05) is 4.90 Å². The van der Waals surface area contributed by atoms with Crippen LogP contribution in [0.5, 0.6) is 0 Å². The highest BCUT2D eigenvalue weighted by Gasteiger charge is 2.23. The molecule has 1 fully saturated rings. The van der Waals surface area contributed by atoms with E-state index in [9.17, 15) is 4.79 Å². The summed E-state index contributed by atoms with van der Waals surface area (Å²) in [4.78, 5) is 16.3. The van der Waals surface area contributed by atoms with Gasteiger partial charge in [-0.05, 0) is 34.7 Å². The summed E-state index contributed by atoms with van der Waals surface area (Å²) in [5, 5.41) is 3.35. The average Bonchev–Trinajstić information content (AvgIpc) is 2.20. The van der Waals surface area contributed by atoms with Crippen molar-refractivity contribution >= 4 is 5.91 Å². The van der Waals surface area contributed by atoms with Crippen molar-refractivity contribution < 1.29 is 4.79 Å². The van der Waals surface area contributed by atoms with E-state index in [1.54, 1.807) is 0 Å². The number of rotatable bonds is 3. The Morgan fingerprint density at radius 3 is 2.53 bits per heavy atom. The van der Waals surface area contributed by atoms with Crippen molar-refractivity contribution in [3.63, 3.8) is 0 Å². The molecule has 1 amide bonds. The number of nitrogens with one attached hydrogen (secondary N) is 1. The summed E-state index contributed by atoms with van der Waals surface area (Å²) in [6.45, 7) is 12.0. The fraction of sp³-hybridized carbons (Fsp3) is 0.923. The van der Waals surface area contributed by atoms with Crippen molar-refractivity contribution in [3.05, 3.63) is 0 Å². The molecular weight excluding hydrogens is 214 g/mol. The summed E-state index contributed by atoms with van der Waals surface area (Å²) in [6.07, 6.45) is 0.605. The van der Waals surface area contributed by atoms with Crippen LogP contribution in [0.3, 0.4) is 0 Å². The maximum atomic E-state index is 12.0. The third kappa shape index (κ3) is 5.04. The van der Waals surface area contributed by atoms with E-state index in [2.05, 4.69) is 45.0 Å². The van der Waals surface area contributed by atoms with Crippen molar-refractivity contribution in [1.29, 1.82) is 0 Å². The van der Waals surface area contributed by atoms with E-state index in [4.69, 9.17) is 0 Å². The van der Waals surface area contributed by atoms with Crippen molar-refractivity contribution in [2.24, 2.45) is 0 Å². The van der Waals surface area contributed by atoms with E-state index in [1.165, 1.54) is 0 Å². The van der Waals surface area contributed by atoms with Gasteiger partial charge < -0.3 is 15.1 Å². The third-order valence-corrected chi connectivity index (χ3v) is 3.31. The highest BCUT2D eigenvalue weighted by molar-refractivity contribution is 5.76. The number of likely N-dealkylation sites (N-methyl/N-ethyl adjacent to an activating group) is 1. The minimum atomic E-state index is 0.0929. The van der Waals surface area contributed by atoms with Crippen LogP contribution in [0, 0.1) is 0 Å². The summed E-state index contributed by atoms with van der Waals surface area (Å²) in [6, 6.07) is 0.475. The zero-order valence-electron chi connectivity index (χ0n) is 11.9. The molecule has 0 aromatic rings. The molecule has 1 saturated heterocycles. The van der Waals surface area contributed by atoms with Gasteiger partial charge in [-0.3, -0.25) is 4.79 Å². The first kappa shape index (κ1) is 14.5. The number of hydrogen-bond donors (Lipinski definition) is 1. The van der Waals surface area contributed by atoms with Gasteiger partial charge in [0.2, 0.25) is 5.91 Å². The SMILES string of the molecule is CC1CN(C(=O)CCNC(C)(C)C)CCN1C. The number of nitrogens with zero attached hydrogens (tertiary/aromatic N) is 2. The molecule has 0 spiro atoms. The van der Waals surface area contributed by atoms with Crippen LogP contribution in [0.1, 0.15) is 34.1 Å². The Morgan fingerprint density at radius 1 is 1.35 bits per heavy atom. The second-order valence-electron chi connectivity index (χ2n) is 6.10. The number of hydrogen-bond acceptors (Lipinski definition) is 3. The van der Waals surface area contributed by atoms with Crippen LogP contribution in [0.25, 0.3) is 0 Å². The predicted octanol–water partition coefficient (Wildman–Crippen LogP) is 0.927. The fourth-order valence-corrected chi connectivity index (χ4v) is 1.98. The lowest BCUT2D eigenvalue weighted by Gasteiger charge is -2.37. The molecule has 0 aliphatic carbocycles. The molecule has 4 heteroatoms. The molecule has 1 aliphatic heterocycles. The summed E-state index contributed by atoms with van der Waals surface area (Å²) >= 11 is 0. The first-order valence-corrected chi connectivity index (χ1v) is 6.52. The van der Waals surface area contributed by atoms with Gasteiger partial charge >= 0.3 is 0 Å². The van der Waals surface area contributed by atoms with Crippen molar-refractivity contribution in [1.82, 2.24) is 15.1 Å². The maximum Gasteiger partial charge on any atom is 0.223 e. The van der Waals surface area contributed by atoms with Gasteiger partial charge in [0.1, 0.15) is 0 Å². The Bertz CT molecular complexity index is 260. The molecule has 1 N–H and O–H groups in total. The Hall–Kier alpha value is -0.610. The Kier molecular flexibility index (Phi) is 4.95. The Balaban J connectivity index is 2.29. The van der Waals surface area contributed by atoms with E-state index >= 15 is 0 Å². The van der Waals surface area contributed by atoms with Crippen LogP contribution in [-0.4, -0.2) is 60.5 Å². The van der Waals surface area contributed by atoms with Crippen LogP contribution in [0.2, 0.25) is 0 Å². The summed E-state index contributed by atoms with van der Waals surface area (Å²) in [5.74, 6) is 0.279. The average molecular weight is 241 g/mol. The summed E-state index contributed by atoms with van der Waals surface area (Å²) in [5.41, 5.74) is 0.0929. The van der Waals surface area contributed by atoms with Crippen molar-refractivity contribution in [2.75, 3.05) is 33.2 Å². The van der Waals surface area contributed by atoms with Crippen LogP contribution < -0.4 is 5.32 Å². The monoisotopic (exact) mass is 241 g/mol. The van der Waals surface area contributed by atoms with E-state index in [0.717, 1.165) is 26.2 Å². The summed E-state index contributed by atoms with van der Waals surface area (Å²) in [7, 11) is 2.12. The second-order valence-corrected chi connectivity index (χ2v) is 6.10. The van der Waals surface area contributed by atoms with Gasteiger partial charge in [0.15, 0.2) is 0 Å². The van der Waals surface area contributed by atoms with E-state index in [0.29, 0.717) is 12.5 Å². The molecule has 0 bridgehead atoms. The molecule has 100 valence electrons. The smallest absolute Gasteiger partial charge is 0.223 e. The van der Waals surface area contributed by atoms with Crippen molar-refractivity contribution in [3.8, 4) is 0 Å². The van der Waals surface area contributed by atoms with Gasteiger partial charge in [-0.2, -0.15) is 0 Å². The van der Waals surface area contributed by atoms with Crippen LogP contribution in [0.4, 0.5) is 0 Å². The van der Waals surface area contributed by atoms with Gasteiger partial charge in [0, 0.05) is 44.2 Å². The van der Waals surface area contributed by atoms with Crippen LogP contribution >= 0.6 is 0 Å². The van der Waals surface area contributed by atoms with Crippen LogP contribution in [0.15, 0.2) is 0 Å². The van der Waals surface area contributed by atoms with E-state index < -0.39 is 0 Å². The molecule has 0 radical (unpaired) electrons. The molecule has 1 aliphatic rings. The van der Waals surface area contributed by atoms with Gasteiger partial charge in [0.05, 0.1) is 0 Å². The maximum absolute atomic E-state index is 12.0. The van der Waals surface area contributed by atoms with Gasteiger partial charge in [0.25, 0.3) is 0 Å². The number of carbonyl (C=O) groups excluding carboxylic acids is 1. The standard InChI is InChI=1S/C13H27N3O/c1-11-10-16(9-8-15(11)5)12(17)6-7-14-13(2,3)4/h11,14H,6-10H2,1-5H3. The predicted molar refractivity (Wildman–Crippen MR) is 71.0 cm³/mol. The zero-order chi connectivity index (χ0) is 13.1. The van der Waals surface area contributed by atoms with Gasteiger partial charge in [-0.25, -0.2) is 0 Å². The van der Waals surface area contributed by atoms with Crippen molar-refractivity contribution in [2.45, 2.75) is 45.7 Å². The molecule has 0 saturated carbocycles. The van der Waals surface area contributed by atoms with E-state index in [-0.39, 0.29) is 11.4 Å². The minimum absolute atomic E-state index is 0.0929. The number of amides is 1. The molecule has 1 rings (SSSR count). The number of piperazine rings is 1. The molecule has 4 nitrogen and oxygen atoms in total. The first-order chi connectivity index (χ1) is 7.79. The normalized spacial score (nSPS) is 22.9. The highest BCUT2D eigenvalue weighted by Crippen LogP contribution is 2.08. The molecule has 17 heavy (non-hydrogen) atoms. The third-order valence-electron chi connectivity index (χ3n) is 3.31. The lowest BCUT2D eigenvalue weighted by atomic mass is 10.1.